The van der Waals surface area contributed by atoms with Crippen LogP contribution in [0.4, 0.5) is 24.7 Å². The van der Waals surface area contributed by atoms with Gasteiger partial charge in [0.1, 0.15) is 15.5 Å². The normalized spacial score (nSPS) is 16.2. The van der Waals surface area contributed by atoms with Crippen LogP contribution in [0.5, 0.6) is 0 Å². The lowest BCUT2D eigenvalue weighted by atomic mass is 10.0. The van der Waals surface area contributed by atoms with Crippen molar-refractivity contribution in [3.05, 3.63) is 16.5 Å². The minimum absolute atomic E-state index is 0.0269. The van der Waals surface area contributed by atoms with Gasteiger partial charge in [0, 0.05) is 31.1 Å². The van der Waals surface area contributed by atoms with Crippen molar-refractivity contribution in [1.29, 1.82) is 0 Å². The van der Waals surface area contributed by atoms with Crippen LogP contribution in [0.25, 0.3) is 10.2 Å². The Bertz CT molecular complexity index is 848. The number of aromatic carboxylic acids is 1. The third-order valence-electron chi connectivity index (χ3n) is 4.55. The fraction of sp³-hybridized carbons (Fsp3) is 0.500. The molecule has 1 fully saturated rings. The Labute approximate surface area is 156 Å². The molecule has 148 valence electrons. The molecule has 11 heteroatoms. The third kappa shape index (κ3) is 3.94. The quantitative estimate of drug-likeness (QED) is 0.604. The summed E-state index contributed by atoms with van der Waals surface area (Å²) in [4.78, 5) is 16.9. The Kier molecular flexibility index (Phi) is 5.45. The number of aliphatic hydroxyl groups excluding tert-OH is 1. The average Bonchev–Trinajstić information content (AvgIpc) is 2.96. The Hall–Kier alpha value is -2.11. The fourth-order valence-electron chi connectivity index (χ4n) is 3.23. The van der Waals surface area contributed by atoms with Gasteiger partial charge in [0.25, 0.3) is 0 Å². The number of piperidine rings is 1. The summed E-state index contributed by atoms with van der Waals surface area (Å²) in [5.41, 5.74) is 4.31. The van der Waals surface area contributed by atoms with Gasteiger partial charge in [-0.1, -0.05) is 0 Å². The van der Waals surface area contributed by atoms with Gasteiger partial charge in [-0.2, -0.15) is 13.2 Å². The van der Waals surface area contributed by atoms with Crippen molar-refractivity contribution >= 4 is 39.0 Å². The van der Waals surface area contributed by atoms with E-state index in [1.54, 1.807) is 4.90 Å². The maximum atomic E-state index is 13.6. The van der Waals surface area contributed by atoms with Gasteiger partial charge in [-0.3, -0.25) is 0 Å². The lowest BCUT2D eigenvalue weighted by molar-refractivity contribution is -0.136. The first-order chi connectivity index (χ1) is 12.7. The summed E-state index contributed by atoms with van der Waals surface area (Å²) < 4.78 is 40.7. The lowest BCUT2D eigenvalue weighted by Gasteiger charge is -2.33. The van der Waals surface area contributed by atoms with Gasteiger partial charge >= 0.3 is 12.1 Å². The number of anilines is 2. The minimum atomic E-state index is -4.68. The molecule has 27 heavy (non-hydrogen) atoms. The summed E-state index contributed by atoms with van der Waals surface area (Å²) in [5, 5.41) is 20.8. The summed E-state index contributed by atoms with van der Waals surface area (Å²) in [6, 6.07) is 1.13. The number of rotatable bonds is 5. The number of carbonyl (C=O) groups is 1. The van der Waals surface area contributed by atoms with E-state index in [0.29, 0.717) is 43.8 Å². The van der Waals surface area contributed by atoms with E-state index in [4.69, 9.17) is 15.9 Å². The number of fused-ring (bicyclic) bond motifs is 1. The highest BCUT2D eigenvalue weighted by Crippen LogP contribution is 2.43. The van der Waals surface area contributed by atoms with Crippen molar-refractivity contribution in [1.82, 2.24) is 10.3 Å². The highest BCUT2D eigenvalue weighted by atomic mass is 32.1. The van der Waals surface area contributed by atoms with Crippen LogP contribution in [-0.2, 0) is 6.18 Å². The smallest absolute Gasteiger partial charge is 0.417 e. The van der Waals surface area contributed by atoms with Gasteiger partial charge in [0.05, 0.1) is 17.9 Å². The number of aliphatic hydroxyl groups is 1. The van der Waals surface area contributed by atoms with E-state index in [1.165, 1.54) is 0 Å². The molecule has 5 N–H and O–H groups in total. The molecule has 0 spiro atoms. The number of halogens is 3. The maximum absolute atomic E-state index is 13.6. The number of carboxylic acid groups (broad SMARTS) is 1. The van der Waals surface area contributed by atoms with Crippen LogP contribution >= 0.6 is 11.3 Å². The maximum Gasteiger partial charge on any atom is 0.417 e. The predicted molar refractivity (Wildman–Crippen MR) is 96.3 cm³/mol. The standard InChI is InChI=1S/C16H19F3N4O3S/c17-16(18,19)9-7-10(23-4-1-8(2-5-23)21-3-6-24)22-14-11(9)12(20)13(27-14)15(25)26/h7-8,21,24H,1-6,20H2,(H,25,26). The van der Waals surface area contributed by atoms with Crippen LogP contribution in [0.2, 0.25) is 0 Å². The van der Waals surface area contributed by atoms with Crippen molar-refractivity contribution in [3.63, 3.8) is 0 Å². The number of pyridine rings is 1. The van der Waals surface area contributed by atoms with Gasteiger partial charge < -0.3 is 26.2 Å². The van der Waals surface area contributed by atoms with Crippen LogP contribution in [0.3, 0.4) is 0 Å². The zero-order valence-electron chi connectivity index (χ0n) is 14.2. The van der Waals surface area contributed by atoms with Gasteiger partial charge in [0.15, 0.2) is 0 Å². The predicted octanol–water partition coefficient (Wildman–Crippen LogP) is 2.15. The topological polar surface area (TPSA) is 112 Å². The Morgan fingerprint density at radius 3 is 2.63 bits per heavy atom. The number of nitrogen functional groups attached to an aromatic ring is 1. The second kappa shape index (κ2) is 7.49. The lowest BCUT2D eigenvalue weighted by Crippen LogP contribution is -2.43. The second-order valence-corrected chi connectivity index (χ2v) is 7.29. The number of aromatic nitrogens is 1. The summed E-state index contributed by atoms with van der Waals surface area (Å²) in [7, 11) is 0. The molecule has 1 aliphatic heterocycles. The zero-order valence-corrected chi connectivity index (χ0v) is 15.0. The van der Waals surface area contributed by atoms with E-state index in [-0.39, 0.29) is 33.6 Å². The van der Waals surface area contributed by atoms with E-state index in [1.807, 2.05) is 0 Å². The molecule has 0 unspecified atom stereocenters. The molecule has 2 aromatic heterocycles. The first kappa shape index (κ1) is 19.6. The molecule has 1 aliphatic rings. The van der Waals surface area contributed by atoms with Crippen LogP contribution in [-0.4, -0.2) is 53.4 Å². The summed E-state index contributed by atoms with van der Waals surface area (Å²) in [6.07, 6.45) is -3.27. The SMILES string of the molecule is Nc1c(C(=O)O)sc2nc(N3CCC(NCCO)CC3)cc(C(F)(F)F)c12. The molecule has 3 rings (SSSR count). The molecular weight excluding hydrogens is 385 g/mol. The van der Waals surface area contributed by atoms with E-state index < -0.39 is 23.4 Å². The Balaban J connectivity index is 1.97. The molecule has 0 atom stereocenters. The number of thiophene rings is 1. The molecule has 1 saturated heterocycles. The number of hydrogen-bond donors (Lipinski definition) is 4. The van der Waals surface area contributed by atoms with Crippen molar-refractivity contribution < 1.29 is 28.2 Å². The zero-order chi connectivity index (χ0) is 19.8. The average molecular weight is 404 g/mol. The first-order valence-electron chi connectivity index (χ1n) is 8.35. The highest BCUT2D eigenvalue weighted by Gasteiger charge is 2.37. The van der Waals surface area contributed by atoms with Crippen molar-refractivity contribution in [2.75, 3.05) is 36.9 Å². The molecule has 0 bridgehead atoms. The van der Waals surface area contributed by atoms with E-state index in [2.05, 4.69) is 10.3 Å². The highest BCUT2D eigenvalue weighted by molar-refractivity contribution is 7.21. The van der Waals surface area contributed by atoms with Crippen LogP contribution in [0.15, 0.2) is 6.07 Å². The summed E-state index contributed by atoms with van der Waals surface area (Å²) >= 11 is 0.650. The molecule has 2 aromatic rings. The minimum Gasteiger partial charge on any atom is -0.477 e. The van der Waals surface area contributed by atoms with Crippen LogP contribution < -0.4 is 16.0 Å². The molecule has 0 aliphatic carbocycles. The number of nitrogens with zero attached hydrogens (tertiary/aromatic N) is 2. The molecule has 3 heterocycles. The molecule has 7 nitrogen and oxygen atoms in total. The number of hydrogen-bond acceptors (Lipinski definition) is 7. The fourth-order valence-corrected chi connectivity index (χ4v) is 4.19. The third-order valence-corrected chi connectivity index (χ3v) is 5.64. The number of carboxylic acids is 1. The number of nitrogens with two attached hydrogens (primary N) is 1. The van der Waals surface area contributed by atoms with Gasteiger partial charge in [-0.15, -0.1) is 11.3 Å². The molecule has 0 radical (unpaired) electrons. The van der Waals surface area contributed by atoms with Gasteiger partial charge in [0.2, 0.25) is 0 Å². The van der Waals surface area contributed by atoms with E-state index in [9.17, 15) is 18.0 Å². The molecule has 0 amide bonds. The number of alkyl halides is 3. The summed E-state index contributed by atoms with van der Waals surface area (Å²) in [6.45, 7) is 1.51. The van der Waals surface area contributed by atoms with Crippen LogP contribution in [0, 0.1) is 0 Å². The summed E-state index contributed by atoms with van der Waals surface area (Å²) in [5.74, 6) is -1.21. The number of nitrogens with one attached hydrogen (secondary N) is 1. The van der Waals surface area contributed by atoms with Crippen LogP contribution in [0.1, 0.15) is 28.1 Å². The molecular formula is C16H19F3N4O3S. The monoisotopic (exact) mass is 404 g/mol. The van der Waals surface area contributed by atoms with Crippen molar-refractivity contribution in [2.45, 2.75) is 25.1 Å². The second-order valence-electron chi connectivity index (χ2n) is 6.29. The molecule has 0 aromatic carbocycles. The van der Waals surface area contributed by atoms with Crippen molar-refractivity contribution in [2.24, 2.45) is 0 Å². The van der Waals surface area contributed by atoms with Crippen molar-refractivity contribution in [3.8, 4) is 0 Å². The Morgan fingerprint density at radius 2 is 2.07 bits per heavy atom. The van der Waals surface area contributed by atoms with Gasteiger partial charge in [-0.05, 0) is 18.9 Å². The molecule has 0 saturated carbocycles. The van der Waals surface area contributed by atoms with Gasteiger partial charge in [-0.25, -0.2) is 9.78 Å². The largest absolute Gasteiger partial charge is 0.477 e. The van der Waals surface area contributed by atoms with E-state index >= 15 is 0 Å². The Morgan fingerprint density at radius 1 is 1.41 bits per heavy atom. The first-order valence-corrected chi connectivity index (χ1v) is 9.16. The van der Waals surface area contributed by atoms with E-state index in [0.717, 1.165) is 6.07 Å².